The number of thioether (sulfide) groups is 1. The molecular weight excluding hydrogens is 236 g/mol. The first-order valence-corrected chi connectivity index (χ1v) is 6.46. The fraction of sp³-hybridized carbons (Fsp3) is 0.455. The summed E-state index contributed by atoms with van der Waals surface area (Å²) in [5, 5.41) is 2.87. The van der Waals surface area contributed by atoms with Gasteiger partial charge in [0.15, 0.2) is 0 Å². The number of nitrogens with zero attached hydrogens (tertiary/aromatic N) is 1. The van der Waals surface area contributed by atoms with E-state index in [4.69, 9.17) is 5.84 Å². The Kier molecular flexibility index (Phi) is 4.77. The summed E-state index contributed by atoms with van der Waals surface area (Å²) in [7, 11) is 0. The smallest absolute Gasteiger partial charge is 0.255 e. The Morgan fingerprint density at radius 3 is 2.88 bits per heavy atom. The molecule has 6 heteroatoms. The minimum absolute atomic E-state index is 0.00811. The molecule has 5 nitrogen and oxygen atoms in total. The lowest BCUT2D eigenvalue weighted by Crippen LogP contribution is -2.36. The van der Waals surface area contributed by atoms with E-state index in [1.165, 1.54) is 6.20 Å². The van der Waals surface area contributed by atoms with Crippen LogP contribution in [0.25, 0.3) is 0 Å². The maximum atomic E-state index is 11.9. The maximum absolute atomic E-state index is 11.9. The average Bonchev–Trinajstić information content (AvgIpc) is 2.36. The molecule has 0 saturated carbocycles. The Bertz CT molecular complexity index is 395. The van der Waals surface area contributed by atoms with Gasteiger partial charge >= 0.3 is 0 Å². The van der Waals surface area contributed by atoms with Crippen LogP contribution in [0, 0.1) is 0 Å². The summed E-state index contributed by atoms with van der Waals surface area (Å²) < 4.78 is 0.00811. The first kappa shape index (κ1) is 13.8. The van der Waals surface area contributed by atoms with E-state index in [2.05, 4.69) is 29.6 Å². The van der Waals surface area contributed by atoms with Crippen molar-refractivity contribution >= 4 is 23.4 Å². The van der Waals surface area contributed by atoms with E-state index in [1.54, 1.807) is 24.0 Å². The summed E-state index contributed by atoms with van der Waals surface area (Å²) >= 11 is 1.70. The number of amides is 1. The summed E-state index contributed by atoms with van der Waals surface area (Å²) in [5.41, 5.74) is 3.50. The number of pyridine rings is 1. The fourth-order valence-corrected chi connectivity index (χ4v) is 1.38. The minimum atomic E-state index is -0.173. The lowest BCUT2D eigenvalue weighted by Gasteiger charge is -2.22. The van der Waals surface area contributed by atoms with Gasteiger partial charge in [0.05, 0.1) is 11.3 Å². The van der Waals surface area contributed by atoms with Crippen molar-refractivity contribution < 1.29 is 4.79 Å². The summed E-state index contributed by atoms with van der Waals surface area (Å²) in [6, 6.07) is 1.66. The third-order valence-corrected chi connectivity index (χ3v) is 3.70. The Labute approximate surface area is 106 Å². The van der Waals surface area contributed by atoms with Gasteiger partial charge in [0.2, 0.25) is 0 Å². The van der Waals surface area contributed by atoms with Crippen molar-refractivity contribution in [2.45, 2.75) is 18.6 Å². The van der Waals surface area contributed by atoms with E-state index in [-0.39, 0.29) is 10.7 Å². The molecule has 1 heterocycles. The summed E-state index contributed by atoms with van der Waals surface area (Å²) in [6.45, 7) is 4.73. The molecule has 94 valence electrons. The molecule has 0 aromatic carbocycles. The second kappa shape index (κ2) is 5.88. The topological polar surface area (TPSA) is 80.0 Å². The van der Waals surface area contributed by atoms with Gasteiger partial charge < -0.3 is 10.7 Å². The van der Waals surface area contributed by atoms with Gasteiger partial charge in [-0.1, -0.05) is 0 Å². The number of nitrogens with one attached hydrogen (secondary N) is 2. The number of carbonyl (C=O) groups is 1. The van der Waals surface area contributed by atoms with Crippen LogP contribution in [0.2, 0.25) is 0 Å². The zero-order valence-corrected chi connectivity index (χ0v) is 11.1. The predicted molar refractivity (Wildman–Crippen MR) is 72.0 cm³/mol. The third kappa shape index (κ3) is 3.90. The highest BCUT2D eigenvalue weighted by Crippen LogP contribution is 2.20. The van der Waals surface area contributed by atoms with Crippen molar-refractivity contribution in [1.29, 1.82) is 0 Å². The predicted octanol–water partition coefficient (Wildman–Crippen LogP) is 1.24. The molecule has 0 fully saturated rings. The fourth-order valence-electron chi connectivity index (χ4n) is 1.16. The van der Waals surface area contributed by atoms with E-state index in [1.807, 2.05) is 6.26 Å². The van der Waals surface area contributed by atoms with Crippen LogP contribution in [-0.4, -0.2) is 28.4 Å². The zero-order valence-electron chi connectivity index (χ0n) is 10.3. The lowest BCUT2D eigenvalue weighted by molar-refractivity contribution is 0.0951. The van der Waals surface area contributed by atoms with Gasteiger partial charge in [-0.15, -0.1) is 0 Å². The molecule has 0 saturated heterocycles. The highest BCUT2D eigenvalue weighted by atomic mass is 32.2. The second-order valence-electron chi connectivity index (χ2n) is 4.21. The zero-order chi connectivity index (χ0) is 12.9. The van der Waals surface area contributed by atoms with Crippen LogP contribution in [0.15, 0.2) is 18.5 Å². The molecule has 17 heavy (non-hydrogen) atoms. The number of carbonyl (C=O) groups excluding carboxylic acids is 1. The van der Waals surface area contributed by atoms with Gasteiger partial charge in [0.25, 0.3) is 5.91 Å². The van der Waals surface area contributed by atoms with E-state index in [9.17, 15) is 4.79 Å². The van der Waals surface area contributed by atoms with Crippen LogP contribution in [-0.2, 0) is 0 Å². The highest BCUT2D eigenvalue weighted by Gasteiger charge is 2.18. The Morgan fingerprint density at radius 1 is 1.59 bits per heavy atom. The molecule has 0 aliphatic heterocycles. The normalized spacial score (nSPS) is 11.1. The van der Waals surface area contributed by atoms with Gasteiger partial charge in [0.1, 0.15) is 0 Å². The average molecular weight is 254 g/mol. The summed E-state index contributed by atoms with van der Waals surface area (Å²) in [4.78, 5) is 15.8. The van der Waals surface area contributed by atoms with E-state index < -0.39 is 0 Å². The van der Waals surface area contributed by atoms with E-state index in [0.717, 1.165) is 0 Å². The number of nitrogen functional groups attached to an aromatic ring is 1. The second-order valence-corrected chi connectivity index (χ2v) is 5.73. The van der Waals surface area contributed by atoms with Gasteiger partial charge in [-0.2, -0.15) is 11.8 Å². The van der Waals surface area contributed by atoms with Gasteiger partial charge in [-0.3, -0.25) is 15.6 Å². The largest absolute Gasteiger partial charge is 0.351 e. The molecule has 0 bridgehead atoms. The van der Waals surface area contributed by atoms with E-state index >= 15 is 0 Å². The first-order chi connectivity index (χ1) is 8.00. The first-order valence-electron chi connectivity index (χ1n) is 5.24. The van der Waals surface area contributed by atoms with E-state index in [0.29, 0.717) is 17.8 Å². The molecule has 1 aromatic rings. The Hall–Kier alpha value is -1.27. The van der Waals surface area contributed by atoms with Gasteiger partial charge in [0, 0.05) is 23.7 Å². The van der Waals surface area contributed by atoms with Crippen molar-refractivity contribution in [1.82, 2.24) is 10.3 Å². The van der Waals surface area contributed by atoms with Crippen LogP contribution in [0.4, 0.5) is 5.69 Å². The molecule has 0 unspecified atom stereocenters. The molecule has 1 aromatic heterocycles. The molecule has 0 radical (unpaired) electrons. The molecule has 4 N–H and O–H groups in total. The summed E-state index contributed by atoms with van der Waals surface area (Å²) in [6.07, 6.45) is 5.09. The number of hydrazine groups is 1. The van der Waals surface area contributed by atoms with Crippen LogP contribution in [0.3, 0.4) is 0 Å². The van der Waals surface area contributed by atoms with Crippen LogP contribution >= 0.6 is 11.8 Å². The number of nitrogens with two attached hydrogens (primary N) is 1. The highest BCUT2D eigenvalue weighted by molar-refractivity contribution is 7.99. The van der Waals surface area contributed by atoms with Crippen molar-refractivity contribution in [3.63, 3.8) is 0 Å². The number of anilines is 1. The number of aromatic nitrogens is 1. The SMILES string of the molecule is CSC(C)(C)CNC(=O)c1cnccc1NN. The van der Waals surface area contributed by atoms with Crippen LogP contribution in [0.1, 0.15) is 24.2 Å². The monoisotopic (exact) mass is 254 g/mol. The Balaban J connectivity index is 2.70. The minimum Gasteiger partial charge on any atom is -0.351 e. The van der Waals surface area contributed by atoms with Crippen molar-refractivity contribution in [2.24, 2.45) is 5.84 Å². The van der Waals surface area contributed by atoms with Crippen molar-refractivity contribution in [3.05, 3.63) is 24.0 Å². The molecule has 0 spiro atoms. The molecule has 1 rings (SSSR count). The quantitative estimate of drug-likeness (QED) is 0.544. The number of hydrogen-bond acceptors (Lipinski definition) is 5. The number of rotatable bonds is 5. The van der Waals surface area contributed by atoms with Crippen molar-refractivity contribution in [2.75, 3.05) is 18.2 Å². The summed E-state index contributed by atoms with van der Waals surface area (Å²) in [5.74, 6) is 5.16. The molecule has 0 aliphatic carbocycles. The van der Waals surface area contributed by atoms with Crippen LogP contribution in [0.5, 0.6) is 0 Å². The molecule has 0 atom stereocenters. The van der Waals surface area contributed by atoms with Gasteiger partial charge in [-0.05, 0) is 26.2 Å². The van der Waals surface area contributed by atoms with Gasteiger partial charge in [-0.25, -0.2) is 0 Å². The van der Waals surface area contributed by atoms with Crippen LogP contribution < -0.4 is 16.6 Å². The Morgan fingerprint density at radius 2 is 2.29 bits per heavy atom. The standard InChI is InChI=1S/C11H18N4OS/c1-11(2,17-3)7-14-10(16)8-6-13-5-4-9(8)15-12/h4-6H,7,12H2,1-3H3,(H,13,15)(H,14,16). The molecular formula is C11H18N4OS. The maximum Gasteiger partial charge on any atom is 0.255 e. The molecule has 1 amide bonds. The number of hydrogen-bond donors (Lipinski definition) is 3. The lowest BCUT2D eigenvalue weighted by atomic mass is 10.2. The molecule has 0 aliphatic rings. The third-order valence-electron chi connectivity index (χ3n) is 2.45. The van der Waals surface area contributed by atoms with Crippen molar-refractivity contribution in [3.8, 4) is 0 Å².